The summed E-state index contributed by atoms with van der Waals surface area (Å²) in [6.45, 7) is 4.50. The molecule has 0 aromatic carbocycles. The van der Waals surface area contributed by atoms with E-state index in [4.69, 9.17) is 5.84 Å². The molecule has 2 heterocycles. The van der Waals surface area contributed by atoms with Gasteiger partial charge < -0.3 is 15.6 Å². The van der Waals surface area contributed by atoms with E-state index in [9.17, 15) is 0 Å². The molecule has 2 atom stereocenters. The first-order chi connectivity index (χ1) is 9.12. The van der Waals surface area contributed by atoms with Crippen LogP contribution in [0.25, 0.3) is 0 Å². The van der Waals surface area contributed by atoms with Crippen molar-refractivity contribution in [3.63, 3.8) is 0 Å². The van der Waals surface area contributed by atoms with Crippen LogP contribution >= 0.6 is 11.8 Å². The number of hydrazine groups is 1. The average molecular weight is 282 g/mol. The maximum Gasteiger partial charge on any atom is 0.191 e. The van der Waals surface area contributed by atoms with Gasteiger partial charge in [-0.2, -0.15) is 0 Å². The van der Waals surface area contributed by atoms with Crippen LogP contribution in [0.15, 0.2) is 11.2 Å². The molecule has 6 nitrogen and oxygen atoms in total. The fraction of sp³-hybridized carbons (Fsp3) is 0.667. The molecular formula is C12H22N6S. The maximum atomic E-state index is 5.44. The lowest BCUT2D eigenvalue weighted by Crippen LogP contribution is -2.43. The summed E-state index contributed by atoms with van der Waals surface area (Å²) in [5.41, 5.74) is 2.58. The van der Waals surface area contributed by atoms with Gasteiger partial charge in [0.15, 0.2) is 5.16 Å². The third-order valence-corrected chi connectivity index (χ3v) is 4.03. The van der Waals surface area contributed by atoms with Gasteiger partial charge in [-0.25, -0.2) is 15.8 Å². The van der Waals surface area contributed by atoms with Crippen molar-refractivity contribution in [3.05, 3.63) is 6.07 Å². The van der Waals surface area contributed by atoms with Crippen molar-refractivity contribution in [1.29, 1.82) is 0 Å². The van der Waals surface area contributed by atoms with E-state index < -0.39 is 0 Å². The van der Waals surface area contributed by atoms with Crippen molar-refractivity contribution in [2.24, 2.45) is 11.8 Å². The summed E-state index contributed by atoms with van der Waals surface area (Å²) in [5.74, 6) is 7.52. The summed E-state index contributed by atoms with van der Waals surface area (Å²) < 4.78 is 0. The first kappa shape index (κ1) is 14.4. The first-order valence-electron chi connectivity index (χ1n) is 6.47. The number of anilines is 2. The van der Waals surface area contributed by atoms with Gasteiger partial charge in [0.2, 0.25) is 0 Å². The number of nitrogen functional groups attached to an aromatic ring is 1. The Hall–Kier alpha value is -1.05. The summed E-state index contributed by atoms with van der Waals surface area (Å²) in [5, 5.41) is 4.23. The van der Waals surface area contributed by atoms with Crippen LogP contribution in [0.4, 0.5) is 11.6 Å². The molecule has 7 heteroatoms. The predicted molar refractivity (Wildman–Crippen MR) is 80.3 cm³/mol. The zero-order chi connectivity index (χ0) is 13.8. The van der Waals surface area contributed by atoms with Gasteiger partial charge in [0.25, 0.3) is 0 Å². The largest absolute Gasteiger partial charge is 0.367 e. The lowest BCUT2D eigenvalue weighted by atomic mass is 9.94. The lowest BCUT2D eigenvalue weighted by molar-refractivity contribution is 0.206. The summed E-state index contributed by atoms with van der Waals surface area (Å²) >= 11 is 1.51. The Labute approximate surface area is 118 Å². The van der Waals surface area contributed by atoms with Gasteiger partial charge in [0, 0.05) is 18.7 Å². The molecule has 1 aromatic rings. The van der Waals surface area contributed by atoms with E-state index in [2.05, 4.69) is 39.6 Å². The molecule has 1 aromatic heterocycles. The van der Waals surface area contributed by atoms with Crippen molar-refractivity contribution in [1.82, 2.24) is 14.9 Å². The molecule has 1 aliphatic rings. The van der Waals surface area contributed by atoms with Crippen LogP contribution in [-0.2, 0) is 0 Å². The molecule has 2 unspecified atom stereocenters. The van der Waals surface area contributed by atoms with E-state index in [0.29, 0.717) is 17.8 Å². The molecule has 0 spiro atoms. The maximum absolute atomic E-state index is 5.44. The highest BCUT2D eigenvalue weighted by atomic mass is 32.2. The molecule has 0 amide bonds. The molecular weight excluding hydrogens is 260 g/mol. The lowest BCUT2D eigenvalue weighted by Gasteiger charge is -2.35. The second kappa shape index (κ2) is 6.40. The van der Waals surface area contributed by atoms with Gasteiger partial charge in [0.05, 0.1) is 0 Å². The third-order valence-electron chi connectivity index (χ3n) is 3.48. The molecule has 1 aliphatic heterocycles. The zero-order valence-electron chi connectivity index (χ0n) is 11.7. The van der Waals surface area contributed by atoms with Gasteiger partial charge in [-0.05, 0) is 32.2 Å². The van der Waals surface area contributed by atoms with Crippen molar-refractivity contribution in [3.8, 4) is 0 Å². The van der Waals surface area contributed by atoms with Gasteiger partial charge in [-0.1, -0.05) is 18.7 Å². The van der Waals surface area contributed by atoms with Crippen LogP contribution in [0.3, 0.4) is 0 Å². The molecule has 1 fully saturated rings. The number of likely N-dealkylation sites (tertiary alicyclic amines) is 1. The predicted octanol–water partition coefficient (Wildman–Crippen LogP) is 1.24. The molecule has 0 radical (unpaired) electrons. The summed E-state index contributed by atoms with van der Waals surface area (Å²) in [7, 11) is 2.17. The number of hydrogen-bond donors (Lipinski definition) is 3. The number of rotatable bonds is 4. The van der Waals surface area contributed by atoms with Crippen molar-refractivity contribution in [2.75, 3.05) is 37.1 Å². The highest BCUT2D eigenvalue weighted by molar-refractivity contribution is 7.98. The molecule has 1 saturated heterocycles. The minimum atomic E-state index is 0.450. The normalized spacial score (nSPS) is 24.2. The fourth-order valence-electron chi connectivity index (χ4n) is 2.42. The Kier molecular flexibility index (Phi) is 4.84. The zero-order valence-corrected chi connectivity index (χ0v) is 12.5. The van der Waals surface area contributed by atoms with Crippen LogP contribution in [0.1, 0.15) is 13.3 Å². The van der Waals surface area contributed by atoms with Gasteiger partial charge >= 0.3 is 0 Å². The van der Waals surface area contributed by atoms with Crippen LogP contribution in [0.5, 0.6) is 0 Å². The topological polar surface area (TPSA) is 79.1 Å². The fourth-order valence-corrected chi connectivity index (χ4v) is 2.80. The second-order valence-corrected chi connectivity index (χ2v) is 5.82. The summed E-state index contributed by atoms with van der Waals surface area (Å²) in [6, 6.07) is 2.30. The SMILES string of the molecule is CSc1nc(NN)cc(NC2CCN(C)CC2C)n1. The Bertz CT molecular complexity index is 404. The second-order valence-electron chi connectivity index (χ2n) is 5.05. The number of nitrogens with zero attached hydrogens (tertiary/aromatic N) is 3. The molecule has 0 bridgehead atoms. The highest BCUT2D eigenvalue weighted by Gasteiger charge is 2.24. The van der Waals surface area contributed by atoms with E-state index in [1.54, 1.807) is 0 Å². The van der Waals surface area contributed by atoms with E-state index in [0.717, 1.165) is 30.5 Å². The number of thioether (sulfide) groups is 1. The molecule has 106 valence electrons. The van der Waals surface area contributed by atoms with E-state index in [-0.39, 0.29) is 0 Å². The number of aromatic nitrogens is 2. The Balaban J connectivity index is 2.09. The monoisotopic (exact) mass is 282 g/mol. The number of nitrogens with two attached hydrogens (primary N) is 1. The molecule has 4 N–H and O–H groups in total. The highest BCUT2D eigenvalue weighted by Crippen LogP contribution is 2.22. The summed E-state index contributed by atoms with van der Waals surface area (Å²) in [6.07, 6.45) is 3.08. The van der Waals surface area contributed by atoms with Crippen LogP contribution in [-0.4, -0.2) is 47.3 Å². The number of hydrogen-bond acceptors (Lipinski definition) is 7. The molecule has 0 aliphatic carbocycles. The first-order valence-corrected chi connectivity index (χ1v) is 7.69. The van der Waals surface area contributed by atoms with E-state index >= 15 is 0 Å². The van der Waals surface area contributed by atoms with Crippen molar-refractivity contribution < 1.29 is 0 Å². The van der Waals surface area contributed by atoms with Crippen LogP contribution in [0, 0.1) is 5.92 Å². The minimum absolute atomic E-state index is 0.450. The van der Waals surface area contributed by atoms with Crippen LogP contribution in [0.2, 0.25) is 0 Å². The quantitative estimate of drug-likeness (QED) is 0.332. The summed E-state index contributed by atoms with van der Waals surface area (Å²) in [4.78, 5) is 11.1. The Morgan fingerprint density at radius 3 is 2.79 bits per heavy atom. The Morgan fingerprint density at radius 1 is 1.42 bits per heavy atom. The molecule has 2 rings (SSSR count). The van der Waals surface area contributed by atoms with Gasteiger partial charge in [-0.3, -0.25) is 0 Å². The van der Waals surface area contributed by atoms with Gasteiger partial charge in [0.1, 0.15) is 11.6 Å². The number of piperidine rings is 1. The smallest absolute Gasteiger partial charge is 0.191 e. The standard InChI is InChI=1S/C12H22N6S/c1-8-7-18(2)5-4-9(8)14-10-6-11(17-13)16-12(15-10)19-3/h6,8-9H,4-5,7,13H2,1-3H3,(H2,14,15,16,17). The third kappa shape index (κ3) is 3.71. The number of nitrogens with one attached hydrogen (secondary N) is 2. The minimum Gasteiger partial charge on any atom is -0.367 e. The van der Waals surface area contributed by atoms with Crippen molar-refractivity contribution in [2.45, 2.75) is 24.5 Å². The van der Waals surface area contributed by atoms with Gasteiger partial charge in [-0.15, -0.1) is 0 Å². The average Bonchev–Trinajstić information content (AvgIpc) is 2.41. The Morgan fingerprint density at radius 2 is 2.16 bits per heavy atom. The van der Waals surface area contributed by atoms with E-state index in [1.165, 1.54) is 11.8 Å². The van der Waals surface area contributed by atoms with Crippen LogP contribution < -0.4 is 16.6 Å². The molecule has 19 heavy (non-hydrogen) atoms. The van der Waals surface area contributed by atoms with E-state index in [1.807, 2.05) is 12.3 Å². The molecule has 0 saturated carbocycles. The van der Waals surface area contributed by atoms with Crippen molar-refractivity contribution >= 4 is 23.4 Å².